The zero-order valence-corrected chi connectivity index (χ0v) is 19.5. The summed E-state index contributed by atoms with van der Waals surface area (Å²) in [7, 11) is 3.39. The topological polar surface area (TPSA) is 121 Å². The first kappa shape index (κ1) is 23.3. The smallest absolute Gasteiger partial charge is 0.321 e. The molecule has 3 rings (SSSR count). The summed E-state index contributed by atoms with van der Waals surface area (Å²) < 4.78 is 5.13. The molecule has 0 aromatic carbocycles. The minimum Gasteiger partial charge on any atom is -0.467 e. The molecule has 2 aromatic heterocycles. The second kappa shape index (κ2) is 9.03. The van der Waals surface area contributed by atoms with Crippen molar-refractivity contribution in [3.63, 3.8) is 0 Å². The molecule has 11 heteroatoms. The van der Waals surface area contributed by atoms with Crippen LogP contribution < -0.4 is 15.5 Å². The van der Waals surface area contributed by atoms with E-state index in [9.17, 15) is 14.4 Å². The van der Waals surface area contributed by atoms with Crippen molar-refractivity contribution in [1.82, 2.24) is 25.5 Å². The van der Waals surface area contributed by atoms with Crippen LogP contribution in [0, 0.1) is 0 Å². The Labute approximate surface area is 190 Å². The minimum absolute atomic E-state index is 0.108. The summed E-state index contributed by atoms with van der Waals surface area (Å²) in [5, 5.41) is 5.18. The predicted molar refractivity (Wildman–Crippen MR) is 120 cm³/mol. The zero-order valence-electron chi connectivity index (χ0n) is 18.7. The van der Waals surface area contributed by atoms with Crippen LogP contribution in [-0.2, 0) is 16.8 Å². The zero-order chi connectivity index (χ0) is 23.6. The molecule has 2 aromatic rings. The van der Waals surface area contributed by atoms with Gasteiger partial charge in [-0.05, 0) is 12.1 Å². The Bertz CT molecular complexity index is 1060. The van der Waals surface area contributed by atoms with Crippen LogP contribution in [0.15, 0.2) is 40.2 Å². The van der Waals surface area contributed by atoms with Crippen molar-refractivity contribution >= 4 is 35.4 Å². The molecular formula is C21H26N6O4S. The highest BCUT2D eigenvalue weighted by atomic mass is 32.2. The summed E-state index contributed by atoms with van der Waals surface area (Å²) in [4.78, 5) is 49.5. The largest absolute Gasteiger partial charge is 0.467 e. The van der Waals surface area contributed by atoms with E-state index < -0.39 is 11.9 Å². The van der Waals surface area contributed by atoms with E-state index in [-0.39, 0.29) is 23.6 Å². The highest BCUT2D eigenvalue weighted by molar-refractivity contribution is 8.00. The summed E-state index contributed by atoms with van der Waals surface area (Å²) in [6.45, 7) is 9.99. The van der Waals surface area contributed by atoms with Gasteiger partial charge in [-0.1, -0.05) is 39.1 Å². The molecule has 0 saturated heterocycles. The quantitative estimate of drug-likeness (QED) is 0.518. The monoisotopic (exact) mass is 458 g/mol. The van der Waals surface area contributed by atoms with Gasteiger partial charge in [0.25, 0.3) is 5.91 Å². The van der Waals surface area contributed by atoms with Crippen LogP contribution in [0.2, 0.25) is 0 Å². The first-order valence-corrected chi connectivity index (χ1v) is 10.8. The number of nitrogens with one attached hydrogen (secondary N) is 2. The number of aromatic nitrogens is 2. The molecular weight excluding hydrogens is 432 g/mol. The first-order chi connectivity index (χ1) is 15.0. The number of imide groups is 1. The fraction of sp³-hybridized carbons (Fsp3) is 0.381. The van der Waals surface area contributed by atoms with Gasteiger partial charge in [0.15, 0.2) is 5.82 Å². The number of amides is 4. The highest BCUT2D eigenvalue weighted by Gasteiger charge is 2.35. The maximum Gasteiger partial charge on any atom is 0.321 e. The molecule has 3 heterocycles. The van der Waals surface area contributed by atoms with E-state index in [4.69, 9.17) is 4.42 Å². The molecule has 10 nitrogen and oxygen atoms in total. The van der Waals surface area contributed by atoms with E-state index >= 15 is 0 Å². The maximum atomic E-state index is 12.9. The highest BCUT2D eigenvalue weighted by Crippen LogP contribution is 2.36. The fourth-order valence-electron chi connectivity index (χ4n) is 2.85. The maximum absolute atomic E-state index is 12.9. The van der Waals surface area contributed by atoms with E-state index in [0.717, 1.165) is 11.8 Å². The lowest BCUT2D eigenvalue weighted by Crippen LogP contribution is -2.42. The molecule has 0 unspecified atom stereocenters. The molecule has 0 bridgehead atoms. The molecule has 0 fully saturated rings. The average Bonchev–Trinajstić information content (AvgIpc) is 3.25. The van der Waals surface area contributed by atoms with Crippen LogP contribution >= 0.6 is 11.8 Å². The molecule has 170 valence electrons. The summed E-state index contributed by atoms with van der Waals surface area (Å²) >= 11 is 1.07. The van der Waals surface area contributed by atoms with Crippen LogP contribution in [0.5, 0.6) is 0 Å². The molecule has 32 heavy (non-hydrogen) atoms. The molecule has 4 amide bonds. The molecule has 1 aliphatic rings. The van der Waals surface area contributed by atoms with Crippen molar-refractivity contribution in [2.24, 2.45) is 0 Å². The summed E-state index contributed by atoms with van der Waals surface area (Å²) in [5.41, 5.74) is -0.0807. The number of anilines is 1. The Hall–Kier alpha value is -3.34. The number of fused-ring (bicyclic) bond motifs is 1. The number of thioether (sulfide) groups is 1. The Morgan fingerprint density at radius 2 is 1.94 bits per heavy atom. The first-order valence-electron chi connectivity index (χ1n) is 9.85. The number of hydrogen-bond donors (Lipinski definition) is 2. The van der Waals surface area contributed by atoms with Gasteiger partial charge >= 0.3 is 6.03 Å². The van der Waals surface area contributed by atoms with Gasteiger partial charge in [0.2, 0.25) is 5.91 Å². The minimum atomic E-state index is -0.640. The van der Waals surface area contributed by atoms with E-state index in [1.54, 1.807) is 31.1 Å². The molecule has 1 aliphatic heterocycles. The lowest BCUT2D eigenvalue weighted by Gasteiger charge is -2.35. The predicted octanol–water partition coefficient (Wildman–Crippen LogP) is 2.48. The van der Waals surface area contributed by atoms with Gasteiger partial charge in [0.1, 0.15) is 28.0 Å². The van der Waals surface area contributed by atoms with E-state index in [2.05, 4.69) is 27.2 Å². The fourth-order valence-corrected chi connectivity index (χ4v) is 3.67. The lowest BCUT2D eigenvalue weighted by molar-refractivity contribution is -0.117. The van der Waals surface area contributed by atoms with E-state index in [1.807, 2.05) is 20.8 Å². The third kappa shape index (κ3) is 4.93. The Morgan fingerprint density at radius 3 is 2.56 bits per heavy atom. The van der Waals surface area contributed by atoms with Crippen LogP contribution in [0.1, 0.15) is 42.7 Å². The molecule has 2 N–H and O–H groups in total. The van der Waals surface area contributed by atoms with Crippen LogP contribution in [0.4, 0.5) is 10.6 Å². The Balaban J connectivity index is 1.76. The number of hydrogen-bond acceptors (Lipinski definition) is 8. The van der Waals surface area contributed by atoms with Crippen molar-refractivity contribution in [2.45, 2.75) is 37.8 Å². The Morgan fingerprint density at radius 1 is 1.22 bits per heavy atom. The molecule has 0 saturated carbocycles. The van der Waals surface area contributed by atoms with Gasteiger partial charge in [-0.2, -0.15) is 0 Å². The molecule has 0 aliphatic carbocycles. The van der Waals surface area contributed by atoms with Crippen molar-refractivity contribution in [1.29, 1.82) is 0 Å². The van der Waals surface area contributed by atoms with Crippen LogP contribution in [0.3, 0.4) is 0 Å². The van der Waals surface area contributed by atoms with E-state index in [1.165, 1.54) is 11.2 Å². The third-order valence-electron chi connectivity index (χ3n) is 4.73. The number of rotatable bonds is 5. The lowest BCUT2D eigenvalue weighted by atomic mass is 9.95. The van der Waals surface area contributed by atoms with Gasteiger partial charge < -0.3 is 14.6 Å². The van der Waals surface area contributed by atoms with Gasteiger partial charge in [0, 0.05) is 19.5 Å². The molecule has 0 atom stereocenters. The molecule has 0 spiro atoms. The van der Waals surface area contributed by atoms with Crippen molar-refractivity contribution < 1.29 is 18.8 Å². The van der Waals surface area contributed by atoms with Crippen LogP contribution in [-0.4, -0.2) is 52.6 Å². The van der Waals surface area contributed by atoms with Gasteiger partial charge in [-0.3, -0.25) is 19.8 Å². The normalized spacial score (nSPS) is 13.8. The summed E-state index contributed by atoms with van der Waals surface area (Å²) in [5.74, 6) is 1.10. The summed E-state index contributed by atoms with van der Waals surface area (Å²) in [6, 6.07) is 2.78. The van der Waals surface area contributed by atoms with Crippen molar-refractivity contribution in [3.8, 4) is 0 Å². The number of carbonyl (C=O) groups excluding carboxylic acids is 3. The second-order valence-electron chi connectivity index (χ2n) is 8.24. The van der Waals surface area contributed by atoms with Crippen LogP contribution in [0.25, 0.3) is 0 Å². The van der Waals surface area contributed by atoms with Crippen molar-refractivity contribution in [2.75, 3.05) is 24.7 Å². The Kier molecular flexibility index (Phi) is 6.58. The van der Waals surface area contributed by atoms with Gasteiger partial charge in [-0.25, -0.2) is 14.8 Å². The SMILES string of the molecule is C=C1N(C)C(=O)c2c(SCC(=O)NC(=O)NCc3ccco3)nc(C(C)(C)C)nc2N1C. The standard InChI is InChI=1S/C21H26N6O4S/c1-12-26(5)16-15(18(29)27(12)6)17(25-19(24-16)21(2,3)4)32-11-14(28)23-20(30)22-10-13-8-7-9-31-13/h7-9H,1,10-11H2,2-6H3,(H2,22,23,28,30). The van der Waals surface area contributed by atoms with Gasteiger partial charge in [-0.15, -0.1) is 0 Å². The second-order valence-corrected chi connectivity index (χ2v) is 9.20. The number of nitrogens with zero attached hydrogens (tertiary/aromatic N) is 4. The van der Waals surface area contributed by atoms with E-state index in [0.29, 0.717) is 33.8 Å². The number of furan rings is 1. The summed E-state index contributed by atoms with van der Waals surface area (Å²) in [6.07, 6.45) is 1.50. The van der Waals surface area contributed by atoms with Crippen molar-refractivity contribution in [3.05, 3.63) is 47.9 Å². The molecule has 0 radical (unpaired) electrons. The number of urea groups is 1. The average molecular weight is 459 g/mol. The van der Waals surface area contributed by atoms with Gasteiger partial charge in [0.05, 0.1) is 18.6 Å². The third-order valence-corrected chi connectivity index (χ3v) is 5.71. The number of carbonyl (C=O) groups is 3.